The lowest BCUT2D eigenvalue weighted by Crippen LogP contribution is -2.54. The third-order valence-electron chi connectivity index (χ3n) is 8.07. The molecule has 1 spiro atoms. The molecular weight excluding hydrogens is 372 g/mol. The van der Waals surface area contributed by atoms with Gasteiger partial charge in [-0.3, -0.25) is 9.59 Å². The molecule has 164 valence electrons. The van der Waals surface area contributed by atoms with Crippen LogP contribution in [-0.4, -0.2) is 36.2 Å². The van der Waals surface area contributed by atoms with Gasteiger partial charge in [-0.25, -0.2) is 0 Å². The Hall–Kier alpha value is -1.14. The molecule has 6 nitrogen and oxygen atoms in total. The monoisotopic (exact) mass is 408 g/mol. The predicted octanol–water partition coefficient (Wildman–Crippen LogP) is 4.20. The normalized spacial score (nSPS) is 48.1. The van der Waals surface area contributed by atoms with Crippen LogP contribution < -0.4 is 0 Å². The number of rotatable bonds is 3. The highest BCUT2D eigenvalue weighted by molar-refractivity contribution is 5.66. The molecule has 2 aliphatic heterocycles. The molecular formula is C23H36O6. The number of hydrogen-bond donors (Lipinski definition) is 0. The van der Waals surface area contributed by atoms with Crippen molar-refractivity contribution in [2.45, 2.75) is 104 Å². The van der Waals surface area contributed by atoms with Crippen molar-refractivity contribution in [1.29, 1.82) is 0 Å². The molecule has 0 aromatic heterocycles. The topological polar surface area (TPSA) is 74.4 Å². The van der Waals surface area contributed by atoms with E-state index in [2.05, 4.69) is 27.7 Å². The first kappa shape index (κ1) is 21.1. The molecule has 0 N–H and O–H groups in total. The number of esters is 2. The fraction of sp³-hybridized carbons (Fsp3) is 0.913. The predicted molar refractivity (Wildman–Crippen MR) is 106 cm³/mol. The molecule has 2 heterocycles. The Bertz CT molecular complexity index is 689. The lowest BCUT2D eigenvalue weighted by molar-refractivity contribution is -0.216. The molecule has 29 heavy (non-hydrogen) atoms. The van der Waals surface area contributed by atoms with Crippen LogP contribution in [0.15, 0.2) is 0 Å². The zero-order valence-electron chi connectivity index (χ0n) is 18.7. The molecule has 2 saturated carbocycles. The molecule has 4 fully saturated rings. The van der Waals surface area contributed by atoms with Gasteiger partial charge in [-0.1, -0.05) is 27.2 Å². The molecule has 2 saturated heterocycles. The van der Waals surface area contributed by atoms with Gasteiger partial charge in [-0.05, 0) is 55.8 Å². The van der Waals surface area contributed by atoms with Crippen molar-refractivity contribution in [2.24, 2.45) is 28.6 Å². The summed E-state index contributed by atoms with van der Waals surface area (Å²) < 4.78 is 23.5. The summed E-state index contributed by atoms with van der Waals surface area (Å²) in [5.74, 6) is -0.494. The van der Waals surface area contributed by atoms with Gasteiger partial charge in [0.05, 0.1) is 12.0 Å². The lowest BCUT2D eigenvalue weighted by Gasteiger charge is -2.53. The zero-order valence-corrected chi connectivity index (χ0v) is 18.7. The van der Waals surface area contributed by atoms with Crippen LogP contribution in [0.3, 0.4) is 0 Å². The highest BCUT2D eigenvalue weighted by Gasteiger charge is 2.75. The van der Waals surface area contributed by atoms with Gasteiger partial charge in [0.2, 0.25) is 12.6 Å². The first-order valence-corrected chi connectivity index (χ1v) is 11.2. The van der Waals surface area contributed by atoms with Crippen molar-refractivity contribution >= 4 is 11.9 Å². The number of carbonyl (C=O) groups is 2. The summed E-state index contributed by atoms with van der Waals surface area (Å²) in [6.45, 7) is 12.1. The van der Waals surface area contributed by atoms with Gasteiger partial charge < -0.3 is 18.9 Å². The zero-order chi connectivity index (χ0) is 21.2. The van der Waals surface area contributed by atoms with E-state index in [0.717, 1.165) is 12.8 Å². The van der Waals surface area contributed by atoms with Crippen LogP contribution in [0.2, 0.25) is 0 Å². The Labute approximate surface area is 174 Å². The molecule has 0 radical (unpaired) electrons. The molecule has 2 aliphatic carbocycles. The highest BCUT2D eigenvalue weighted by Crippen LogP contribution is 2.67. The summed E-state index contributed by atoms with van der Waals surface area (Å²) in [5.41, 5.74) is 0.128. The van der Waals surface area contributed by atoms with Crippen LogP contribution in [-0.2, 0) is 28.5 Å². The van der Waals surface area contributed by atoms with Crippen molar-refractivity contribution in [2.75, 3.05) is 0 Å². The van der Waals surface area contributed by atoms with E-state index in [4.69, 9.17) is 18.9 Å². The Kier molecular flexibility index (Phi) is 5.05. The van der Waals surface area contributed by atoms with Crippen LogP contribution in [0.4, 0.5) is 0 Å². The number of hydrogen-bond acceptors (Lipinski definition) is 6. The standard InChI is InChI=1S/C23H36O6/c1-13-23(29-13)17(22(6)11-7-10-21(4,5)12-22)9-8-16-18(23)20(27-15(3)25)28-19(16)26-14(2)24/h13,16-20H,7-12H2,1-6H3/t13?,16-,17-,18+,19-,20+,22+,23?/m1/s1. The van der Waals surface area contributed by atoms with Crippen LogP contribution in [0, 0.1) is 28.6 Å². The van der Waals surface area contributed by atoms with E-state index in [-0.39, 0.29) is 40.9 Å². The SMILES string of the molecule is CC(=O)O[C@@H]1O[C@H](OC(C)=O)[C@@H]2[C@H]1CC[C@H]([C@@]1(C)CCCC(C)(C)C1)C21OC1C. The average Bonchev–Trinajstić information content (AvgIpc) is 3.07. The highest BCUT2D eigenvalue weighted by atomic mass is 16.8. The number of carbonyl (C=O) groups excluding carboxylic acids is 2. The minimum Gasteiger partial charge on any atom is -0.435 e. The third-order valence-corrected chi connectivity index (χ3v) is 8.07. The van der Waals surface area contributed by atoms with Gasteiger partial charge in [0.1, 0.15) is 5.60 Å². The van der Waals surface area contributed by atoms with Gasteiger partial charge in [0.15, 0.2) is 0 Å². The van der Waals surface area contributed by atoms with Crippen LogP contribution in [0.1, 0.15) is 80.1 Å². The van der Waals surface area contributed by atoms with Crippen LogP contribution in [0.25, 0.3) is 0 Å². The van der Waals surface area contributed by atoms with Gasteiger partial charge in [-0.15, -0.1) is 0 Å². The molecule has 4 rings (SSSR count). The number of ether oxygens (including phenoxy) is 4. The molecule has 4 aliphatic rings. The molecule has 2 unspecified atom stereocenters. The number of epoxide rings is 1. The Balaban J connectivity index is 1.67. The molecule has 0 amide bonds. The average molecular weight is 409 g/mol. The fourth-order valence-corrected chi connectivity index (χ4v) is 7.33. The summed E-state index contributed by atoms with van der Waals surface area (Å²) in [6.07, 6.45) is 5.46. The van der Waals surface area contributed by atoms with Crippen LogP contribution in [0.5, 0.6) is 0 Å². The second kappa shape index (κ2) is 6.94. The minimum absolute atomic E-state index is 0.00958. The van der Waals surface area contributed by atoms with Gasteiger partial charge in [0, 0.05) is 19.8 Å². The van der Waals surface area contributed by atoms with Gasteiger partial charge in [-0.2, -0.15) is 0 Å². The smallest absolute Gasteiger partial charge is 0.304 e. The van der Waals surface area contributed by atoms with E-state index in [0.29, 0.717) is 11.3 Å². The lowest BCUT2D eigenvalue weighted by atomic mass is 9.51. The van der Waals surface area contributed by atoms with Crippen molar-refractivity contribution in [3.63, 3.8) is 0 Å². The molecule has 6 heteroatoms. The first-order valence-electron chi connectivity index (χ1n) is 11.2. The number of fused-ring (bicyclic) bond motifs is 2. The quantitative estimate of drug-likeness (QED) is 0.515. The fourth-order valence-electron chi connectivity index (χ4n) is 7.33. The summed E-state index contributed by atoms with van der Waals surface area (Å²) >= 11 is 0. The molecule has 8 atom stereocenters. The summed E-state index contributed by atoms with van der Waals surface area (Å²) in [6, 6.07) is 0. The Morgan fingerprint density at radius 3 is 2.14 bits per heavy atom. The maximum atomic E-state index is 11.8. The molecule has 0 aromatic carbocycles. The van der Waals surface area contributed by atoms with Gasteiger partial charge >= 0.3 is 11.9 Å². The van der Waals surface area contributed by atoms with Crippen molar-refractivity contribution in [3.8, 4) is 0 Å². The Morgan fingerprint density at radius 2 is 1.59 bits per heavy atom. The van der Waals surface area contributed by atoms with Crippen LogP contribution >= 0.6 is 0 Å². The van der Waals surface area contributed by atoms with E-state index in [1.165, 1.54) is 39.5 Å². The Morgan fingerprint density at radius 1 is 0.966 bits per heavy atom. The summed E-state index contributed by atoms with van der Waals surface area (Å²) in [7, 11) is 0. The van der Waals surface area contributed by atoms with Gasteiger partial charge in [0.25, 0.3) is 0 Å². The minimum atomic E-state index is -0.727. The summed E-state index contributed by atoms with van der Waals surface area (Å²) in [5, 5.41) is 0. The second-order valence-electron chi connectivity index (χ2n) is 10.9. The van der Waals surface area contributed by atoms with Crippen molar-refractivity contribution < 1.29 is 28.5 Å². The summed E-state index contributed by atoms with van der Waals surface area (Å²) in [4.78, 5) is 23.4. The molecule has 0 bridgehead atoms. The first-order chi connectivity index (χ1) is 13.5. The third kappa shape index (κ3) is 3.50. The van der Waals surface area contributed by atoms with Crippen molar-refractivity contribution in [1.82, 2.24) is 0 Å². The maximum Gasteiger partial charge on any atom is 0.304 e. The maximum absolute atomic E-state index is 11.8. The van der Waals surface area contributed by atoms with Crippen molar-refractivity contribution in [3.05, 3.63) is 0 Å². The van der Waals surface area contributed by atoms with E-state index in [9.17, 15) is 9.59 Å². The molecule has 0 aromatic rings. The van der Waals surface area contributed by atoms with E-state index in [1.807, 2.05) is 0 Å². The van der Waals surface area contributed by atoms with E-state index < -0.39 is 12.6 Å². The largest absolute Gasteiger partial charge is 0.435 e. The van der Waals surface area contributed by atoms with E-state index >= 15 is 0 Å². The second-order valence-corrected chi connectivity index (χ2v) is 10.9. The van der Waals surface area contributed by atoms with E-state index in [1.54, 1.807) is 0 Å².